The number of aromatic nitrogens is 3. The fourth-order valence-corrected chi connectivity index (χ4v) is 2.20. The van der Waals surface area contributed by atoms with E-state index in [1.54, 1.807) is 30.1 Å². The van der Waals surface area contributed by atoms with Crippen LogP contribution in [0, 0.1) is 5.82 Å². The number of carbonyl (C=O) groups is 1. The van der Waals surface area contributed by atoms with Crippen LogP contribution < -0.4 is 10.6 Å². The zero-order valence-corrected chi connectivity index (χ0v) is 12.2. The number of nitrogens with zero attached hydrogens (tertiary/aromatic N) is 3. The first kappa shape index (κ1) is 14.3. The first-order chi connectivity index (χ1) is 10.5. The van der Waals surface area contributed by atoms with E-state index in [0.29, 0.717) is 5.52 Å². The van der Waals surface area contributed by atoms with Gasteiger partial charge in [0.15, 0.2) is 5.82 Å². The molecule has 0 radical (unpaired) electrons. The largest absolute Gasteiger partial charge is 0.334 e. The normalized spacial score (nSPS) is 10.7. The number of halogens is 2. The van der Waals surface area contributed by atoms with Crippen molar-refractivity contribution < 1.29 is 9.18 Å². The van der Waals surface area contributed by atoms with Gasteiger partial charge in [-0.25, -0.2) is 19.2 Å². The van der Waals surface area contributed by atoms with Crippen molar-refractivity contribution in [2.75, 3.05) is 10.6 Å². The molecule has 8 heteroatoms. The lowest BCUT2D eigenvalue weighted by atomic mass is 10.3. The minimum absolute atomic E-state index is 0.0688. The average Bonchev–Trinajstić information content (AvgIpc) is 2.83. The maximum Gasteiger partial charge on any atom is 0.324 e. The molecule has 112 valence electrons. The monoisotopic (exact) mass is 319 g/mol. The molecule has 0 spiro atoms. The first-order valence-electron chi connectivity index (χ1n) is 6.34. The first-order valence-corrected chi connectivity index (χ1v) is 6.72. The Hall–Kier alpha value is -2.67. The number of rotatable bonds is 2. The van der Waals surface area contributed by atoms with Gasteiger partial charge in [0.1, 0.15) is 16.5 Å². The standard InChI is InChI=1S/C14H11ClFN5O/c1-21-7-17-12-10(21)6-11(15)19-13(12)20-14(22)18-9-5-3-2-4-8(9)16/h2-7H,1H3,(H2,18,19,20,22). The lowest BCUT2D eigenvalue weighted by Gasteiger charge is -2.08. The van der Waals surface area contributed by atoms with Gasteiger partial charge in [-0.05, 0) is 12.1 Å². The molecule has 2 amide bonds. The van der Waals surface area contributed by atoms with Crippen molar-refractivity contribution in [3.05, 3.63) is 47.6 Å². The Kier molecular flexibility index (Phi) is 3.64. The second-order valence-electron chi connectivity index (χ2n) is 4.58. The van der Waals surface area contributed by atoms with E-state index in [4.69, 9.17) is 11.6 Å². The highest BCUT2D eigenvalue weighted by atomic mass is 35.5. The molecule has 0 fully saturated rings. The van der Waals surface area contributed by atoms with E-state index in [2.05, 4.69) is 20.6 Å². The number of nitrogens with one attached hydrogen (secondary N) is 2. The van der Waals surface area contributed by atoms with Gasteiger partial charge < -0.3 is 9.88 Å². The Bertz CT molecular complexity index is 864. The van der Waals surface area contributed by atoms with Crippen LogP contribution in [0.25, 0.3) is 11.0 Å². The molecule has 2 aromatic heterocycles. The smallest absolute Gasteiger partial charge is 0.324 e. The Morgan fingerprint density at radius 2 is 2.09 bits per heavy atom. The van der Waals surface area contributed by atoms with Crippen molar-refractivity contribution in [1.29, 1.82) is 0 Å². The summed E-state index contributed by atoms with van der Waals surface area (Å²) < 4.78 is 15.3. The van der Waals surface area contributed by atoms with Crippen LogP contribution >= 0.6 is 11.6 Å². The molecule has 6 nitrogen and oxygen atoms in total. The number of hydrogen-bond acceptors (Lipinski definition) is 3. The molecule has 0 aliphatic rings. The summed E-state index contributed by atoms with van der Waals surface area (Å²) in [5, 5.41) is 5.15. The topological polar surface area (TPSA) is 71.8 Å². The molecule has 0 unspecified atom stereocenters. The summed E-state index contributed by atoms with van der Waals surface area (Å²) in [6, 6.07) is 6.87. The molecule has 0 aliphatic carbocycles. The Labute approximate surface area is 129 Å². The molecule has 0 aliphatic heterocycles. The third kappa shape index (κ3) is 2.71. The summed E-state index contributed by atoms with van der Waals surface area (Å²) >= 11 is 5.94. The van der Waals surface area contributed by atoms with Crippen LogP contribution in [0.4, 0.5) is 20.7 Å². The van der Waals surface area contributed by atoms with E-state index in [0.717, 1.165) is 5.52 Å². The number of pyridine rings is 1. The summed E-state index contributed by atoms with van der Waals surface area (Å²) in [7, 11) is 1.80. The van der Waals surface area contributed by atoms with Crippen LogP contribution in [0.15, 0.2) is 36.7 Å². The van der Waals surface area contributed by atoms with Crippen LogP contribution in [0.3, 0.4) is 0 Å². The Morgan fingerprint density at radius 3 is 2.86 bits per heavy atom. The molecule has 22 heavy (non-hydrogen) atoms. The third-order valence-corrected chi connectivity index (χ3v) is 3.23. The van der Waals surface area contributed by atoms with Crippen molar-refractivity contribution in [1.82, 2.24) is 14.5 Å². The fourth-order valence-electron chi connectivity index (χ4n) is 2.01. The number of hydrogen-bond donors (Lipinski definition) is 2. The molecular weight excluding hydrogens is 309 g/mol. The van der Waals surface area contributed by atoms with E-state index in [-0.39, 0.29) is 16.7 Å². The predicted octanol–water partition coefficient (Wildman–Crippen LogP) is 3.40. The Morgan fingerprint density at radius 1 is 1.32 bits per heavy atom. The maximum atomic E-state index is 13.5. The highest BCUT2D eigenvalue weighted by Gasteiger charge is 2.13. The summed E-state index contributed by atoms with van der Waals surface area (Å²) in [5.74, 6) is -0.323. The van der Waals surface area contributed by atoms with Crippen molar-refractivity contribution in [2.24, 2.45) is 7.05 Å². The predicted molar refractivity (Wildman–Crippen MR) is 82.6 cm³/mol. The second-order valence-corrected chi connectivity index (χ2v) is 4.96. The van der Waals surface area contributed by atoms with E-state index in [1.807, 2.05) is 0 Å². The summed E-state index contributed by atoms with van der Waals surface area (Å²) in [6.45, 7) is 0. The number of imidazole rings is 1. The van der Waals surface area contributed by atoms with Gasteiger partial charge in [-0.1, -0.05) is 23.7 Å². The minimum atomic E-state index is -0.633. The number of amides is 2. The molecule has 0 saturated heterocycles. The lowest BCUT2D eigenvalue weighted by Crippen LogP contribution is -2.21. The van der Waals surface area contributed by atoms with Gasteiger partial charge in [-0.2, -0.15) is 0 Å². The van der Waals surface area contributed by atoms with Gasteiger partial charge in [0.25, 0.3) is 0 Å². The van der Waals surface area contributed by atoms with Crippen LogP contribution in [-0.4, -0.2) is 20.6 Å². The molecular formula is C14H11ClFN5O. The Balaban J connectivity index is 1.87. The van der Waals surface area contributed by atoms with Crippen LogP contribution in [0.2, 0.25) is 5.15 Å². The van der Waals surface area contributed by atoms with Crippen LogP contribution in [-0.2, 0) is 7.05 Å². The number of benzene rings is 1. The quantitative estimate of drug-likeness (QED) is 0.711. The number of urea groups is 1. The SMILES string of the molecule is Cn1cnc2c(NC(=O)Nc3ccccc3F)nc(Cl)cc21. The van der Waals surface area contributed by atoms with Crippen molar-refractivity contribution in [3.63, 3.8) is 0 Å². The second kappa shape index (κ2) is 5.61. The molecule has 0 bridgehead atoms. The number of carbonyl (C=O) groups excluding carboxylic acids is 1. The number of para-hydroxylation sites is 1. The molecule has 1 aromatic carbocycles. The number of anilines is 2. The number of aryl methyl sites for hydroxylation is 1. The zero-order chi connectivity index (χ0) is 15.7. The van der Waals surface area contributed by atoms with Gasteiger partial charge in [0.2, 0.25) is 0 Å². The molecule has 2 N–H and O–H groups in total. The van der Waals surface area contributed by atoms with Crippen LogP contribution in [0.1, 0.15) is 0 Å². The molecule has 0 atom stereocenters. The van der Waals surface area contributed by atoms with Crippen LogP contribution in [0.5, 0.6) is 0 Å². The van der Waals surface area contributed by atoms with Gasteiger partial charge in [-0.3, -0.25) is 5.32 Å². The van der Waals surface area contributed by atoms with Gasteiger partial charge in [0.05, 0.1) is 17.5 Å². The van der Waals surface area contributed by atoms with Gasteiger partial charge in [0, 0.05) is 13.1 Å². The molecule has 3 aromatic rings. The number of fused-ring (bicyclic) bond motifs is 1. The molecule has 3 rings (SSSR count). The highest BCUT2D eigenvalue weighted by Crippen LogP contribution is 2.23. The van der Waals surface area contributed by atoms with Crippen molar-refractivity contribution in [2.45, 2.75) is 0 Å². The van der Waals surface area contributed by atoms with Crippen molar-refractivity contribution >= 4 is 40.2 Å². The summed E-state index contributed by atoms with van der Waals surface area (Å²) in [6.07, 6.45) is 1.59. The van der Waals surface area contributed by atoms with Crippen molar-refractivity contribution in [3.8, 4) is 0 Å². The summed E-state index contributed by atoms with van der Waals surface area (Å²) in [4.78, 5) is 20.2. The van der Waals surface area contributed by atoms with E-state index in [9.17, 15) is 9.18 Å². The van der Waals surface area contributed by atoms with E-state index in [1.165, 1.54) is 18.2 Å². The van der Waals surface area contributed by atoms with Gasteiger partial charge in [-0.15, -0.1) is 0 Å². The summed E-state index contributed by atoms with van der Waals surface area (Å²) in [5.41, 5.74) is 1.29. The average molecular weight is 320 g/mol. The third-order valence-electron chi connectivity index (χ3n) is 3.04. The lowest BCUT2D eigenvalue weighted by molar-refractivity contribution is 0.262. The zero-order valence-electron chi connectivity index (χ0n) is 11.5. The highest BCUT2D eigenvalue weighted by molar-refractivity contribution is 6.30. The van der Waals surface area contributed by atoms with E-state index >= 15 is 0 Å². The molecule has 2 heterocycles. The fraction of sp³-hybridized carbons (Fsp3) is 0.0714. The minimum Gasteiger partial charge on any atom is -0.334 e. The maximum absolute atomic E-state index is 13.5. The molecule has 0 saturated carbocycles. The van der Waals surface area contributed by atoms with E-state index < -0.39 is 11.8 Å². The van der Waals surface area contributed by atoms with Gasteiger partial charge >= 0.3 is 6.03 Å².